The zero-order valence-electron chi connectivity index (χ0n) is 6.06. The first kappa shape index (κ1) is 8.45. The van der Waals surface area contributed by atoms with Crippen LogP contribution in [0.5, 0.6) is 5.06 Å². The third-order valence-electron chi connectivity index (χ3n) is 1.06. The second-order valence-electron chi connectivity index (χ2n) is 1.76. The Morgan fingerprint density at radius 1 is 1.64 bits per heavy atom. The van der Waals surface area contributed by atoms with E-state index in [1.54, 1.807) is 7.11 Å². The molecule has 1 nitrogen and oxygen atoms in total. The van der Waals surface area contributed by atoms with E-state index in [1.807, 2.05) is 12.1 Å². The van der Waals surface area contributed by atoms with Crippen molar-refractivity contribution < 1.29 is 4.74 Å². The molecule has 0 aromatic carbocycles. The third-order valence-corrected chi connectivity index (χ3v) is 2.16. The minimum Gasteiger partial charge on any atom is -0.487 e. The number of halogens is 1. The molecule has 1 aromatic rings. The molecule has 0 fully saturated rings. The molecule has 3 heteroatoms. The van der Waals surface area contributed by atoms with Crippen molar-refractivity contribution in [3.8, 4) is 16.9 Å². The zero-order valence-corrected chi connectivity index (χ0v) is 7.63. The molecule has 0 radical (unpaired) electrons. The quantitative estimate of drug-likeness (QED) is 0.483. The molecule has 0 saturated heterocycles. The van der Waals surface area contributed by atoms with E-state index in [1.165, 1.54) is 11.3 Å². The monoisotopic (exact) mass is 186 g/mol. The van der Waals surface area contributed by atoms with Crippen molar-refractivity contribution in [2.75, 3.05) is 13.0 Å². The molecule has 0 aliphatic carbocycles. The summed E-state index contributed by atoms with van der Waals surface area (Å²) in [4.78, 5) is 0.988. The number of alkyl halides is 1. The topological polar surface area (TPSA) is 9.23 Å². The van der Waals surface area contributed by atoms with Crippen molar-refractivity contribution in [1.82, 2.24) is 0 Å². The van der Waals surface area contributed by atoms with Gasteiger partial charge < -0.3 is 4.74 Å². The molecule has 1 aromatic heterocycles. The van der Waals surface area contributed by atoms with Crippen LogP contribution in [0.2, 0.25) is 0 Å². The van der Waals surface area contributed by atoms with Gasteiger partial charge in [-0.15, -0.1) is 11.6 Å². The van der Waals surface area contributed by atoms with Crippen LogP contribution < -0.4 is 4.74 Å². The van der Waals surface area contributed by atoms with Gasteiger partial charge in [-0.3, -0.25) is 0 Å². The van der Waals surface area contributed by atoms with Gasteiger partial charge in [0.25, 0.3) is 0 Å². The van der Waals surface area contributed by atoms with Gasteiger partial charge in [-0.1, -0.05) is 23.2 Å². The fourth-order valence-electron chi connectivity index (χ4n) is 0.618. The zero-order chi connectivity index (χ0) is 8.10. The van der Waals surface area contributed by atoms with E-state index in [0.717, 1.165) is 9.94 Å². The molecule has 11 heavy (non-hydrogen) atoms. The smallest absolute Gasteiger partial charge is 0.174 e. The fourth-order valence-corrected chi connectivity index (χ4v) is 1.38. The highest BCUT2D eigenvalue weighted by molar-refractivity contribution is 7.14. The minimum absolute atomic E-state index is 0.375. The first-order valence-corrected chi connectivity index (χ1v) is 4.40. The Morgan fingerprint density at radius 3 is 3.00 bits per heavy atom. The first-order valence-electron chi connectivity index (χ1n) is 3.05. The Kier molecular flexibility index (Phi) is 3.28. The summed E-state index contributed by atoms with van der Waals surface area (Å²) in [6, 6.07) is 3.81. The average molecular weight is 187 g/mol. The first-order chi connectivity index (χ1) is 5.36. The molecule has 0 bridgehead atoms. The van der Waals surface area contributed by atoms with Gasteiger partial charge in [-0.2, -0.15) is 0 Å². The Labute approximate surface area is 74.9 Å². The lowest BCUT2D eigenvalue weighted by Crippen LogP contribution is -1.73. The van der Waals surface area contributed by atoms with Crippen LogP contribution in [0.25, 0.3) is 0 Å². The summed E-state index contributed by atoms with van der Waals surface area (Å²) in [5, 5.41) is 0.879. The average Bonchev–Trinajstić information content (AvgIpc) is 2.48. The highest BCUT2D eigenvalue weighted by atomic mass is 35.5. The van der Waals surface area contributed by atoms with Crippen LogP contribution >= 0.6 is 22.9 Å². The van der Waals surface area contributed by atoms with Crippen LogP contribution in [0, 0.1) is 11.8 Å². The highest BCUT2D eigenvalue weighted by Crippen LogP contribution is 2.22. The number of hydrogen-bond acceptors (Lipinski definition) is 2. The van der Waals surface area contributed by atoms with Gasteiger partial charge in [0, 0.05) is 0 Å². The van der Waals surface area contributed by atoms with E-state index in [4.69, 9.17) is 16.3 Å². The van der Waals surface area contributed by atoms with Gasteiger partial charge in [0.1, 0.15) is 0 Å². The molecule has 1 heterocycles. The lowest BCUT2D eigenvalue weighted by atomic mass is 10.5. The Hall–Kier alpha value is -0.650. The van der Waals surface area contributed by atoms with Crippen LogP contribution in [-0.4, -0.2) is 13.0 Å². The molecule has 0 unspecified atom stereocenters. The van der Waals surface area contributed by atoms with E-state index in [-0.39, 0.29) is 0 Å². The summed E-state index contributed by atoms with van der Waals surface area (Å²) in [6.07, 6.45) is 0. The van der Waals surface area contributed by atoms with E-state index < -0.39 is 0 Å². The Balaban J connectivity index is 2.72. The van der Waals surface area contributed by atoms with Crippen LogP contribution in [0.4, 0.5) is 0 Å². The molecule has 58 valence electrons. The minimum atomic E-state index is 0.375. The largest absolute Gasteiger partial charge is 0.487 e. The Morgan fingerprint density at radius 2 is 2.45 bits per heavy atom. The van der Waals surface area contributed by atoms with Gasteiger partial charge in [-0.05, 0) is 12.1 Å². The van der Waals surface area contributed by atoms with E-state index in [2.05, 4.69) is 11.8 Å². The van der Waals surface area contributed by atoms with E-state index in [0.29, 0.717) is 5.88 Å². The second kappa shape index (κ2) is 4.27. The number of hydrogen-bond donors (Lipinski definition) is 0. The second-order valence-corrected chi connectivity index (χ2v) is 3.07. The van der Waals surface area contributed by atoms with E-state index >= 15 is 0 Å². The maximum atomic E-state index is 5.39. The molecule has 0 N–H and O–H groups in total. The summed E-state index contributed by atoms with van der Waals surface area (Å²) >= 11 is 6.91. The summed E-state index contributed by atoms with van der Waals surface area (Å²) < 4.78 is 4.99. The third kappa shape index (κ3) is 2.45. The van der Waals surface area contributed by atoms with Crippen LogP contribution in [0.3, 0.4) is 0 Å². The van der Waals surface area contributed by atoms with Crippen LogP contribution in [0.15, 0.2) is 12.1 Å². The molecule has 0 spiro atoms. The van der Waals surface area contributed by atoms with Crippen LogP contribution in [0.1, 0.15) is 4.88 Å². The molecule has 0 aliphatic rings. The normalized spacial score (nSPS) is 8.55. The Bertz CT molecular complexity index is 282. The molecule has 0 amide bonds. The standard InChI is InChI=1S/C8H7ClOS/c1-10-8-5-4-7(11-8)3-2-6-9/h4-5H,6H2,1H3. The summed E-state index contributed by atoms with van der Waals surface area (Å²) in [5.74, 6) is 6.05. The number of methoxy groups -OCH3 is 1. The number of rotatable bonds is 1. The van der Waals surface area contributed by atoms with Gasteiger partial charge in [-0.25, -0.2) is 0 Å². The van der Waals surface area contributed by atoms with Crippen molar-refractivity contribution in [1.29, 1.82) is 0 Å². The highest BCUT2D eigenvalue weighted by Gasteiger charge is 1.94. The molecule has 0 saturated carbocycles. The van der Waals surface area contributed by atoms with Crippen LogP contribution in [-0.2, 0) is 0 Å². The fraction of sp³-hybridized carbons (Fsp3) is 0.250. The van der Waals surface area contributed by atoms with Gasteiger partial charge in [0.05, 0.1) is 17.9 Å². The van der Waals surface area contributed by atoms with Gasteiger partial charge in [0.2, 0.25) is 0 Å². The molecule has 0 atom stereocenters. The van der Waals surface area contributed by atoms with Crippen molar-refractivity contribution >= 4 is 22.9 Å². The maximum Gasteiger partial charge on any atom is 0.174 e. The predicted octanol–water partition coefficient (Wildman–Crippen LogP) is 2.35. The van der Waals surface area contributed by atoms with Crippen molar-refractivity contribution in [2.24, 2.45) is 0 Å². The lowest BCUT2D eigenvalue weighted by Gasteiger charge is -1.87. The molecular formula is C8H7ClOS. The summed E-state index contributed by atoms with van der Waals surface area (Å²) in [6.45, 7) is 0. The molecule has 0 aliphatic heterocycles. The van der Waals surface area contributed by atoms with Gasteiger partial charge >= 0.3 is 0 Å². The maximum absolute atomic E-state index is 5.39. The van der Waals surface area contributed by atoms with Crippen molar-refractivity contribution in [3.05, 3.63) is 17.0 Å². The number of thiophene rings is 1. The van der Waals surface area contributed by atoms with Crippen molar-refractivity contribution in [2.45, 2.75) is 0 Å². The lowest BCUT2D eigenvalue weighted by molar-refractivity contribution is 0.427. The molecular weight excluding hydrogens is 180 g/mol. The summed E-state index contributed by atoms with van der Waals surface area (Å²) in [7, 11) is 1.64. The van der Waals surface area contributed by atoms with Gasteiger partial charge in [0.15, 0.2) is 5.06 Å². The van der Waals surface area contributed by atoms with Crippen molar-refractivity contribution in [3.63, 3.8) is 0 Å². The SMILES string of the molecule is COc1ccc(C#CCCl)s1. The summed E-state index contributed by atoms with van der Waals surface area (Å²) in [5.41, 5.74) is 0. The number of ether oxygens (including phenoxy) is 1. The molecule has 1 rings (SSSR count). The predicted molar refractivity (Wildman–Crippen MR) is 48.5 cm³/mol. The van der Waals surface area contributed by atoms with E-state index in [9.17, 15) is 0 Å².